The molecule has 0 aliphatic carbocycles. The molecule has 1 rings (SSSR count). The molecule has 1 aromatic carbocycles. The Bertz CT molecular complexity index is 315. The molecule has 1 aromatic rings. The van der Waals surface area contributed by atoms with Gasteiger partial charge in [0, 0.05) is 5.02 Å². The highest BCUT2D eigenvalue weighted by Crippen LogP contribution is 2.27. The summed E-state index contributed by atoms with van der Waals surface area (Å²) < 4.78 is 9.66. The fourth-order valence-corrected chi connectivity index (χ4v) is 1.30. The van der Waals surface area contributed by atoms with E-state index < -0.39 is 0 Å². The Balaban J connectivity index is 2.46. The van der Waals surface area contributed by atoms with E-state index in [0.717, 1.165) is 0 Å². The van der Waals surface area contributed by atoms with Crippen LogP contribution in [0, 0.1) is 0 Å². The number of ether oxygens (including phenoxy) is 2. The lowest BCUT2D eigenvalue weighted by molar-refractivity contribution is -0.129. The number of hydrogen-bond donors (Lipinski definition) is 0. The van der Waals surface area contributed by atoms with Crippen LogP contribution in [-0.2, 0) is 9.53 Å². The van der Waals surface area contributed by atoms with Crippen molar-refractivity contribution in [1.82, 2.24) is 0 Å². The third-order valence-corrected chi connectivity index (χ3v) is 1.95. The van der Waals surface area contributed by atoms with Crippen LogP contribution in [-0.4, -0.2) is 19.7 Å². The molecule has 0 saturated heterocycles. The normalized spacial score (nSPS) is 9.57. The Hall–Kier alpha value is -0.930. The van der Waals surface area contributed by atoms with Crippen molar-refractivity contribution in [2.45, 2.75) is 0 Å². The highest BCUT2D eigenvalue weighted by atomic mass is 35.5. The minimum Gasteiger partial charge on any atom is -0.488 e. The number of rotatable bonds is 5. The highest BCUT2D eigenvalue weighted by molar-refractivity contribution is 6.35. The molecule has 0 fully saturated rings. The van der Waals surface area contributed by atoms with Crippen LogP contribution in [0.25, 0.3) is 0 Å². The van der Waals surface area contributed by atoms with Crippen molar-refractivity contribution in [2.75, 3.05) is 13.2 Å². The molecular formula is C9H8Cl2O3. The van der Waals surface area contributed by atoms with Crippen LogP contribution in [0.4, 0.5) is 0 Å². The summed E-state index contributed by atoms with van der Waals surface area (Å²) in [6, 6.07) is 4.91. The van der Waals surface area contributed by atoms with Crippen LogP contribution in [0.15, 0.2) is 18.2 Å². The molecule has 0 aliphatic heterocycles. The van der Waals surface area contributed by atoms with Gasteiger partial charge in [-0.3, -0.25) is 4.79 Å². The molecule has 0 atom stereocenters. The summed E-state index contributed by atoms with van der Waals surface area (Å²) in [5.74, 6) is 0.519. The van der Waals surface area contributed by atoms with Crippen LogP contribution >= 0.6 is 23.2 Å². The molecule has 3 nitrogen and oxygen atoms in total. The van der Waals surface area contributed by atoms with Gasteiger partial charge in [0.15, 0.2) is 0 Å². The van der Waals surface area contributed by atoms with Crippen molar-refractivity contribution < 1.29 is 14.3 Å². The van der Waals surface area contributed by atoms with Gasteiger partial charge in [-0.2, -0.15) is 0 Å². The van der Waals surface area contributed by atoms with E-state index in [-0.39, 0.29) is 13.2 Å². The largest absolute Gasteiger partial charge is 0.488 e. The first-order chi connectivity index (χ1) is 6.74. The van der Waals surface area contributed by atoms with Crippen molar-refractivity contribution in [1.29, 1.82) is 0 Å². The summed E-state index contributed by atoms with van der Waals surface area (Å²) in [7, 11) is 0. The number of carbonyl (C=O) groups excluding carboxylic acids is 1. The first-order valence-electron chi connectivity index (χ1n) is 3.87. The van der Waals surface area contributed by atoms with Crippen LogP contribution < -0.4 is 4.74 Å². The predicted octanol–water partition coefficient (Wildman–Crippen LogP) is 2.55. The monoisotopic (exact) mass is 234 g/mol. The summed E-state index contributed by atoms with van der Waals surface area (Å²) in [4.78, 5) is 9.81. The summed E-state index contributed by atoms with van der Waals surface area (Å²) >= 11 is 11.5. The third kappa shape index (κ3) is 3.44. The second-order valence-corrected chi connectivity index (χ2v) is 3.23. The average molecular weight is 235 g/mol. The smallest absolute Gasteiger partial charge is 0.293 e. The van der Waals surface area contributed by atoms with Crippen molar-refractivity contribution in [2.24, 2.45) is 0 Å². The molecule has 0 spiro atoms. The Morgan fingerprint density at radius 1 is 1.29 bits per heavy atom. The van der Waals surface area contributed by atoms with Crippen molar-refractivity contribution in [3.8, 4) is 5.75 Å². The van der Waals surface area contributed by atoms with E-state index >= 15 is 0 Å². The SMILES string of the molecule is O=COCCOc1ccc(Cl)cc1Cl. The maximum absolute atomic E-state index is 9.81. The topological polar surface area (TPSA) is 35.5 Å². The van der Waals surface area contributed by atoms with Gasteiger partial charge in [0.25, 0.3) is 6.47 Å². The van der Waals surface area contributed by atoms with Crippen molar-refractivity contribution in [3.63, 3.8) is 0 Å². The maximum Gasteiger partial charge on any atom is 0.293 e. The fourth-order valence-electron chi connectivity index (χ4n) is 0.840. The number of benzene rings is 1. The lowest BCUT2D eigenvalue weighted by Crippen LogP contribution is -2.05. The fraction of sp³-hybridized carbons (Fsp3) is 0.222. The zero-order valence-electron chi connectivity index (χ0n) is 7.20. The summed E-state index contributed by atoms with van der Waals surface area (Å²) in [5.41, 5.74) is 0. The van der Waals surface area contributed by atoms with Gasteiger partial charge < -0.3 is 9.47 Å². The van der Waals surface area contributed by atoms with E-state index in [1.54, 1.807) is 18.2 Å². The Morgan fingerprint density at radius 2 is 2.07 bits per heavy atom. The van der Waals surface area contributed by atoms with Crippen LogP contribution in [0.3, 0.4) is 0 Å². The number of hydrogen-bond acceptors (Lipinski definition) is 3. The van der Waals surface area contributed by atoms with Gasteiger partial charge in [-0.05, 0) is 18.2 Å². The summed E-state index contributed by atoms with van der Waals surface area (Å²) in [5, 5.41) is 0.982. The van der Waals surface area contributed by atoms with E-state index in [9.17, 15) is 4.79 Å². The molecule has 0 heterocycles. The second kappa shape index (κ2) is 5.73. The molecule has 0 aliphatic rings. The molecular weight excluding hydrogens is 227 g/mol. The molecule has 0 aromatic heterocycles. The van der Waals surface area contributed by atoms with E-state index in [4.69, 9.17) is 27.9 Å². The van der Waals surface area contributed by atoms with Gasteiger partial charge in [0.05, 0.1) is 5.02 Å². The molecule has 0 bridgehead atoms. The van der Waals surface area contributed by atoms with E-state index in [2.05, 4.69) is 4.74 Å². The van der Waals surface area contributed by atoms with Crippen LogP contribution in [0.1, 0.15) is 0 Å². The van der Waals surface area contributed by atoms with Gasteiger partial charge in [0.1, 0.15) is 19.0 Å². The van der Waals surface area contributed by atoms with Crippen molar-refractivity contribution >= 4 is 29.7 Å². The highest BCUT2D eigenvalue weighted by Gasteiger charge is 2.01. The predicted molar refractivity (Wildman–Crippen MR) is 54.0 cm³/mol. The molecule has 0 amide bonds. The molecule has 14 heavy (non-hydrogen) atoms. The quantitative estimate of drug-likeness (QED) is 0.581. The Labute approximate surface area is 91.5 Å². The Kier molecular flexibility index (Phi) is 4.56. The molecule has 76 valence electrons. The standard InChI is InChI=1S/C9H8Cl2O3/c10-7-1-2-9(8(11)5-7)14-4-3-13-6-12/h1-2,5-6H,3-4H2. The molecule has 0 saturated carbocycles. The van der Waals surface area contributed by atoms with Crippen LogP contribution in [0.2, 0.25) is 10.0 Å². The van der Waals surface area contributed by atoms with E-state index in [1.165, 1.54) is 0 Å². The Morgan fingerprint density at radius 3 is 2.71 bits per heavy atom. The zero-order valence-corrected chi connectivity index (χ0v) is 8.72. The maximum atomic E-state index is 9.81. The molecule has 5 heteroatoms. The number of carbonyl (C=O) groups is 1. The average Bonchev–Trinajstić information content (AvgIpc) is 2.15. The lowest BCUT2D eigenvalue weighted by Gasteiger charge is -2.06. The molecule has 0 N–H and O–H groups in total. The van der Waals surface area contributed by atoms with Gasteiger partial charge in [-0.1, -0.05) is 23.2 Å². The summed E-state index contributed by atoms with van der Waals surface area (Å²) in [6.07, 6.45) is 0. The van der Waals surface area contributed by atoms with Crippen molar-refractivity contribution in [3.05, 3.63) is 28.2 Å². The minimum atomic E-state index is 0.197. The third-order valence-electron chi connectivity index (χ3n) is 1.42. The van der Waals surface area contributed by atoms with Gasteiger partial charge in [-0.25, -0.2) is 0 Å². The minimum absolute atomic E-state index is 0.197. The van der Waals surface area contributed by atoms with E-state index in [1.807, 2.05) is 0 Å². The first-order valence-corrected chi connectivity index (χ1v) is 4.62. The molecule has 0 unspecified atom stereocenters. The van der Waals surface area contributed by atoms with Gasteiger partial charge in [-0.15, -0.1) is 0 Å². The van der Waals surface area contributed by atoms with Crippen LogP contribution in [0.5, 0.6) is 5.75 Å². The number of halogens is 2. The summed E-state index contributed by atoms with van der Waals surface area (Å²) in [6.45, 7) is 0.829. The van der Waals surface area contributed by atoms with Gasteiger partial charge >= 0.3 is 0 Å². The lowest BCUT2D eigenvalue weighted by atomic mass is 10.3. The first kappa shape index (κ1) is 11.1. The second-order valence-electron chi connectivity index (χ2n) is 2.39. The molecule has 0 radical (unpaired) electrons. The van der Waals surface area contributed by atoms with E-state index in [0.29, 0.717) is 22.3 Å². The van der Waals surface area contributed by atoms with Gasteiger partial charge in [0.2, 0.25) is 0 Å². The zero-order chi connectivity index (χ0) is 10.4.